The zero-order valence-electron chi connectivity index (χ0n) is 12.7. The molecule has 0 spiro atoms. The van der Waals surface area contributed by atoms with Crippen LogP contribution in [0.5, 0.6) is 5.75 Å². The first kappa shape index (κ1) is 16.6. The molecule has 0 aliphatic carbocycles. The standard InChI is InChI=1S/C15H22ClNO3/c1-10-8-12(13(19-5)9-11(10)16)17-7-6-14(18)20-15(2,3)4/h8-9,17H,6-7H2,1-5H3. The Morgan fingerprint density at radius 3 is 2.55 bits per heavy atom. The normalized spacial score (nSPS) is 11.1. The Labute approximate surface area is 125 Å². The summed E-state index contributed by atoms with van der Waals surface area (Å²) in [5, 5.41) is 3.82. The number of ether oxygens (including phenoxy) is 2. The van der Waals surface area contributed by atoms with Crippen LogP contribution in [0.1, 0.15) is 32.8 Å². The molecule has 112 valence electrons. The lowest BCUT2D eigenvalue weighted by molar-refractivity contribution is -0.154. The third-order valence-electron chi connectivity index (χ3n) is 2.55. The number of methoxy groups -OCH3 is 1. The van der Waals surface area contributed by atoms with Crippen molar-refractivity contribution < 1.29 is 14.3 Å². The van der Waals surface area contributed by atoms with Gasteiger partial charge in [0.15, 0.2) is 0 Å². The molecule has 0 radical (unpaired) electrons. The van der Waals surface area contributed by atoms with Crippen molar-refractivity contribution in [3.63, 3.8) is 0 Å². The number of hydrogen-bond donors (Lipinski definition) is 1. The molecule has 0 amide bonds. The summed E-state index contributed by atoms with van der Waals surface area (Å²) in [6, 6.07) is 3.66. The summed E-state index contributed by atoms with van der Waals surface area (Å²) in [7, 11) is 1.58. The number of nitrogens with one attached hydrogen (secondary N) is 1. The van der Waals surface area contributed by atoms with Crippen LogP contribution >= 0.6 is 11.6 Å². The van der Waals surface area contributed by atoms with E-state index < -0.39 is 5.60 Å². The van der Waals surface area contributed by atoms with Crippen LogP contribution in [0.15, 0.2) is 12.1 Å². The number of esters is 1. The van der Waals surface area contributed by atoms with Gasteiger partial charge < -0.3 is 14.8 Å². The summed E-state index contributed by atoms with van der Waals surface area (Å²) >= 11 is 6.04. The maximum Gasteiger partial charge on any atom is 0.308 e. The predicted octanol–water partition coefficient (Wildman–Crippen LogP) is 3.80. The third-order valence-corrected chi connectivity index (χ3v) is 2.95. The van der Waals surface area contributed by atoms with Crippen molar-refractivity contribution in [3.8, 4) is 5.75 Å². The largest absolute Gasteiger partial charge is 0.495 e. The lowest BCUT2D eigenvalue weighted by atomic mass is 10.2. The summed E-state index contributed by atoms with van der Waals surface area (Å²) in [4.78, 5) is 11.6. The van der Waals surface area contributed by atoms with E-state index in [0.717, 1.165) is 11.3 Å². The fourth-order valence-electron chi connectivity index (χ4n) is 1.66. The summed E-state index contributed by atoms with van der Waals surface area (Å²) in [6.07, 6.45) is 0.294. The van der Waals surface area contributed by atoms with Gasteiger partial charge in [-0.2, -0.15) is 0 Å². The third kappa shape index (κ3) is 5.29. The summed E-state index contributed by atoms with van der Waals surface area (Å²) < 4.78 is 10.5. The van der Waals surface area contributed by atoms with E-state index in [0.29, 0.717) is 23.7 Å². The van der Waals surface area contributed by atoms with E-state index in [1.54, 1.807) is 13.2 Å². The number of hydrogen-bond acceptors (Lipinski definition) is 4. The van der Waals surface area contributed by atoms with Crippen LogP contribution in [0.2, 0.25) is 5.02 Å². The van der Waals surface area contributed by atoms with E-state index in [1.807, 2.05) is 33.8 Å². The van der Waals surface area contributed by atoms with Crippen molar-refractivity contribution in [1.82, 2.24) is 0 Å². The van der Waals surface area contributed by atoms with Crippen LogP contribution in [0.3, 0.4) is 0 Å². The first-order valence-corrected chi connectivity index (χ1v) is 6.90. The summed E-state index contributed by atoms with van der Waals surface area (Å²) in [6.45, 7) is 7.95. The van der Waals surface area contributed by atoms with E-state index in [9.17, 15) is 4.79 Å². The Hall–Kier alpha value is -1.42. The maximum atomic E-state index is 11.6. The molecule has 0 aromatic heterocycles. The molecule has 1 N–H and O–H groups in total. The van der Waals surface area contributed by atoms with E-state index in [2.05, 4.69) is 5.32 Å². The average Bonchev–Trinajstić information content (AvgIpc) is 2.31. The molecule has 0 heterocycles. The number of halogens is 1. The van der Waals surface area contributed by atoms with E-state index in [4.69, 9.17) is 21.1 Å². The highest BCUT2D eigenvalue weighted by atomic mass is 35.5. The highest BCUT2D eigenvalue weighted by molar-refractivity contribution is 6.31. The first-order chi connectivity index (χ1) is 9.23. The minimum absolute atomic E-state index is 0.227. The molecule has 1 aromatic rings. The number of rotatable bonds is 5. The van der Waals surface area contributed by atoms with Crippen molar-refractivity contribution >= 4 is 23.3 Å². The van der Waals surface area contributed by atoms with Crippen molar-refractivity contribution in [3.05, 3.63) is 22.7 Å². The molecule has 0 aliphatic rings. The Morgan fingerprint density at radius 1 is 1.35 bits per heavy atom. The van der Waals surface area contributed by atoms with Crippen molar-refractivity contribution in [2.75, 3.05) is 19.0 Å². The van der Waals surface area contributed by atoms with Crippen LogP contribution in [0.4, 0.5) is 5.69 Å². The van der Waals surface area contributed by atoms with E-state index >= 15 is 0 Å². The number of benzene rings is 1. The van der Waals surface area contributed by atoms with Gasteiger partial charge in [-0.1, -0.05) is 11.6 Å². The average molecular weight is 300 g/mol. The van der Waals surface area contributed by atoms with Crippen LogP contribution in [-0.4, -0.2) is 25.2 Å². The van der Waals surface area contributed by atoms with Gasteiger partial charge in [-0.25, -0.2) is 0 Å². The molecule has 0 fully saturated rings. The molecule has 1 rings (SSSR count). The highest BCUT2D eigenvalue weighted by Crippen LogP contribution is 2.30. The van der Waals surface area contributed by atoms with Crippen LogP contribution in [0.25, 0.3) is 0 Å². The molecule has 0 bridgehead atoms. The van der Waals surface area contributed by atoms with Crippen molar-refractivity contribution in [1.29, 1.82) is 0 Å². The second kappa shape index (κ2) is 6.84. The Balaban J connectivity index is 2.58. The van der Waals surface area contributed by atoms with Gasteiger partial charge in [-0.15, -0.1) is 0 Å². The molecule has 5 heteroatoms. The minimum Gasteiger partial charge on any atom is -0.495 e. The van der Waals surface area contributed by atoms with Gasteiger partial charge in [0.2, 0.25) is 0 Å². The fraction of sp³-hybridized carbons (Fsp3) is 0.533. The number of aryl methyl sites for hydroxylation is 1. The lowest BCUT2D eigenvalue weighted by Gasteiger charge is -2.19. The fourth-order valence-corrected chi connectivity index (χ4v) is 1.82. The molecule has 4 nitrogen and oxygen atoms in total. The lowest BCUT2D eigenvalue weighted by Crippen LogP contribution is -2.25. The SMILES string of the molecule is COc1cc(Cl)c(C)cc1NCCC(=O)OC(C)(C)C. The van der Waals surface area contributed by atoms with Crippen molar-refractivity contribution in [2.24, 2.45) is 0 Å². The van der Waals surface area contributed by atoms with Crippen molar-refractivity contribution in [2.45, 2.75) is 39.7 Å². The van der Waals surface area contributed by atoms with Gasteiger partial charge in [0.25, 0.3) is 0 Å². The molecule has 20 heavy (non-hydrogen) atoms. The number of anilines is 1. The van der Waals surface area contributed by atoms with Gasteiger partial charge in [-0.05, 0) is 39.3 Å². The molecule has 0 atom stereocenters. The number of carbonyl (C=O) groups is 1. The van der Waals surface area contributed by atoms with E-state index in [-0.39, 0.29) is 5.97 Å². The summed E-state index contributed by atoms with van der Waals surface area (Å²) in [5.41, 5.74) is 1.32. The van der Waals surface area contributed by atoms with Gasteiger partial charge >= 0.3 is 5.97 Å². The number of carbonyl (C=O) groups excluding carboxylic acids is 1. The second-order valence-corrected chi connectivity index (χ2v) is 5.97. The Kier molecular flexibility index (Phi) is 5.69. The second-order valence-electron chi connectivity index (χ2n) is 5.56. The molecular formula is C15H22ClNO3. The highest BCUT2D eigenvalue weighted by Gasteiger charge is 2.16. The first-order valence-electron chi connectivity index (χ1n) is 6.53. The maximum absolute atomic E-state index is 11.6. The van der Waals surface area contributed by atoms with Crippen LogP contribution in [-0.2, 0) is 9.53 Å². The monoisotopic (exact) mass is 299 g/mol. The van der Waals surface area contributed by atoms with Gasteiger partial charge in [-0.3, -0.25) is 4.79 Å². The molecular weight excluding hydrogens is 278 g/mol. The smallest absolute Gasteiger partial charge is 0.308 e. The zero-order valence-corrected chi connectivity index (χ0v) is 13.4. The molecule has 0 unspecified atom stereocenters. The van der Waals surface area contributed by atoms with Gasteiger partial charge in [0, 0.05) is 17.6 Å². The Morgan fingerprint density at radius 2 is 2.00 bits per heavy atom. The molecule has 0 saturated heterocycles. The van der Waals surface area contributed by atoms with Gasteiger partial charge in [0.05, 0.1) is 19.2 Å². The predicted molar refractivity (Wildman–Crippen MR) is 81.7 cm³/mol. The topological polar surface area (TPSA) is 47.6 Å². The van der Waals surface area contributed by atoms with Crippen LogP contribution < -0.4 is 10.1 Å². The van der Waals surface area contributed by atoms with Gasteiger partial charge in [0.1, 0.15) is 11.4 Å². The Bertz CT molecular complexity index is 481. The zero-order chi connectivity index (χ0) is 15.3. The van der Waals surface area contributed by atoms with E-state index in [1.165, 1.54) is 0 Å². The minimum atomic E-state index is -0.453. The molecule has 0 saturated carbocycles. The van der Waals surface area contributed by atoms with Crippen LogP contribution in [0, 0.1) is 6.92 Å². The molecule has 1 aromatic carbocycles. The molecule has 0 aliphatic heterocycles. The quantitative estimate of drug-likeness (QED) is 0.840. The summed E-state index contributed by atoms with van der Waals surface area (Å²) in [5.74, 6) is 0.430.